The predicted octanol–water partition coefficient (Wildman–Crippen LogP) is 2.17. The van der Waals surface area contributed by atoms with Crippen LogP contribution in [-0.2, 0) is 27.2 Å². The molecular weight excluding hydrogens is 612 g/mol. The van der Waals surface area contributed by atoms with Gasteiger partial charge in [0.15, 0.2) is 29.3 Å². The normalized spacial score (nSPS) is 21.7. The van der Waals surface area contributed by atoms with E-state index in [0.717, 1.165) is 26.1 Å². The number of rotatable bonds is 11. The van der Waals surface area contributed by atoms with Crippen LogP contribution in [0.3, 0.4) is 0 Å². The Hall–Kier alpha value is -4.40. The molecule has 1 amide bonds. The van der Waals surface area contributed by atoms with Gasteiger partial charge in [0.05, 0.1) is 19.5 Å². The second kappa shape index (κ2) is 14.0. The minimum atomic E-state index is -1.41. The summed E-state index contributed by atoms with van der Waals surface area (Å²) in [6, 6.07) is 15.0. The summed E-state index contributed by atoms with van der Waals surface area (Å²) >= 11 is 0. The van der Waals surface area contributed by atoms with Crippen LogP contribution >= 0.6 is 0 Å². The quantitative estimate of drug-likeness (QED) is 0.167. The number of anilines is 1. The van der Waals surface area contributed by atoms with Crippen molar-refractivity contribution in [3.05, 3.63) is 83.6 Å². The molecule has 4 atom stereocenters. The largest absolute Gasteiger partial charge is 0.387 e. The highest BCUT2D eigenvalue weighted by Gasteiger charge is 2.47. The van der Waals surface area contributed by atoms with E-state index >= 15 is 0 Å². The van der Waals surface area contributed by atoms with Crippen LogP contribution in [0.15, 0.2) is 61.3 Å². The first-order valence-electron chi connectivity index (χ1n) is 16.5. The Kier molecular flexibility index (Phi) is 9.37. The molecule has 13 nitrogen and oxygen atoms in total. The van der Waals surface area contributed by atoms with Gasteiger partial charge in [-0.3, -0.25) is 14.3 Å². The number of aryl methyl sites for hydroxylation is 2. The molecule has 5 aromatic rings. The van der Waals surface area contributed by atoms with Gasteiger partial charge >= 0.3 is 0 Å². The number of imidazole rings is 1. The molecular formula is C35H42N8O5. The maximum absolute atomic E-state index is 12.9. The molecule has 0 radical (unpaired) electrons. The number of aliphatic hydroxyl groups excluding tert-OH is 2. The van der Waals surface area contributed by atoms with E-state index in [9.17, 15) is 15.0 Å². The zero-order valence-corrected chi connectivity index (χ0v) is 27.2. The van der Waals surface area contributed by atoms with Gasteiger partial charge in [-0.2, -0.15) is 0 Å². The van der Waals surface area contributed by atoms with Crippen LogP contribution < -0.4 is 10.6 Å². The number of amides is 1. The molecule has 0 saturated carbocycles. The van der Waals surface area contributed by atoms with E-state index in [2.05, 4.69) is 97.6 Å². The maximum Gasteiger partial charge on any atom is 0.252 e. The minimum absolute atomic E-state index is 0.398. The highest BCUT2D eigenvalue weighted by Crippen LogP contribution is 2.32. The van der Waals surface area contributed by atoms with Gasteiger partial charge < -0.3 is 34.9 Å². The van der Waals surface area contributed by atoms with Crippen molar-refractivity contribution in [3.8, 4) is 0 Å². The van der Waals surface area contributed by atoms with Gasteiger partial charge in [-0.15, -0.1) is 0 Å². The molecule has 0 spiro atoms. The van der Waals surface area contributed by atoms with Gasteiger partial charge in [-0.25, -0.2) is 15.0 Å². The summed E-state index contributed by atoms with van der Waals surface area (Å²) in [5.74, 6) is 0.0670. The van der Waals surface area contributed by atoms with Crippen LogP contribution in [0.1, 0.15) is 28.5 Å². The van der Waals surface area contributed by atoms with E-state index in [0.29, 0.717) is 49.8 Å². The van der Waals surface area contributed by atoms with Crippen molar-refractivity contribution in [1.29, 1.82) is 0 Å². The molecule has 252 valence electrons. The Morgan fingerprint density at radius 2 is 1.83 bits per heavy atom. The highest BCUT2D eigenvalue weighted by atomic mass is 16.6. The summed E-state index contributed by atoms with van der Waals surface area (Å²) < 4.78 is 15.1. The van der Waals surface area contributed by atoms with Gasteiger partial charge in [0.1, 0.15) is 18.5 Å². The summed E-state index contributed by atoms with van der Waals surface area (Å²) in [7, 11) is 0. The number of ether oxygens (including phenoxy) is 2. The van der Waals surface area contributed by atoms with Gasteiger partial charge in [0.25, 0.3) is 5.91 Å². The number of morpholine rings is 1. The number of para-hydroxylation sites is 1. The molecule has 48 heavy (non-hydrogen) atoms. The van der Waals surface area contributed by atoms with E-state index in [1.807, 2.05) is 0 Å². The van der Waals surface area contributed by atoms with Gasteiger partial charge in [0, 0.05) is 56.4 Å². The molecule has 0 aliphatic carbocycles. The fraction of sp³-hybridized carbons (Fsp3) is 0.429. The number of aromatic nitrogens is 5. The number of carbonyl (C=O) groups is 1. The van der Waals surface area contributed by atoms with Crippen molar-refractivity contribution in [1.82, 2.24) is 34.3 Å². The number of carbonyl (C=O) groups excluding carboxylic acids is 1. The molecule has 13 heteroatoms. The number of aliphatic hydroxyl groups is 2. The van der Waals surface area contributed by atoms with E-state index in [1.165, 1.54) is 50.4 Å². The number of nitrogens with zero attached hydrogens (tertiary/aromatic N) is 6. The summed E-state index contributed by atoms with van der Waals surface area (Å²) in [6.07, 6.45) is 0.854. The van der Waals surface area contributed by atoms with Crippen molar-refractivity contribution in [3.63, 3.8) is 0 Å². The Balaban J connectivity index is 1.01. The molecule has 4 N–H and O–H groups in total. The molecule has 2 aliphatic rings. The van der Waals surface area contributed by atoms with Crippen molar-refractivity contribution < 1.29 is 24.5 Å². The number of hydrogen-bond acceptors (Lipinski definition) is 10. The average Bonchev–Trinajstić information content (AvgIpc) is 3.77. The predicted molar refractivity (Wildman–Crippen MR) is 181 cm³/mol. The molecule has 2 fully saturated rings. The molecule has 3 aromatic heterocycles. The zero-order valence-electron chi connectivity index (χ0n) is 27.2. The fourth-order valence-electron chi connectivity index (χ4n) is 6.66. The van der Waals surface area contributed by atoms with Crippen molar-refractivity contribution in [2.75, 3.05) is 51.3 Å². The highest BCUT2D eigenvalue weighted by molar-refractivity contribution is 5.85. The lowest BCUT2D eigenvalue weighted by atomic mass is 10.1. The van der Waals surface area contributed by atoms with Crippen LogP contribution in [0.25, 0.3) is 22.1 Å². The first kappa shape index (κ1) is 32.2. The molecule has 5 heterocycles. The Bertz CT molecular complexity index is 1900. The third kappa shape index (κ3) is 6.51. The van der Waals surface area contributed by atoms with Gasteiger partial charge in [0.2, 0.25) is 0 Å². The SMILES string of the molecule is Cc1ccc(C)c(Cn2cc(CCNc3ncnc4c3ncn4[C@@H]3O[C@H](C(=O)NCCN4CCOCC4)[C@@H](O)[C@H]3O)c3ccccc32)c1. The average molecular weight is 655 g/mol. The molecule has 7 rings (SSSR count). The monoisotopic (exact) mass is 654 g/mol. The van der Waals surface area contributed by atoms with E-state index in [4.69, 9.17) is 9.47 Å². The molecule has 2 aliphatic heterocycles. The first-order valence-corrected chi connectivity index (χ1v) is 16.5. The number of benzene rings is 2. The second-order valence-corrected chi connectivity index (χ2v) is 12.6. The molecule has 2 saturated heterocycles. The van der Waals surface area contributed by atoms with Crippen LogP contribution in [0, 0.1) is 13.8 Å². The summed E-state index contributed by atoms with van der Waals surface area (Å²) in [5.41, 5.74) is 7.17. The van der Waals surface area contributed by atoms with Crippen molar-refractivity contribution >= 4 is 33.8 Å². The standard InChI is InChI=1S/C35H42N8O5/c1-22-7-8-23(2)25(17-22)19-42-18-24(26-5-3-4-6-27(26)42)9-10-36-32-28-33(39-20-38-32)43(21-40-28)35-30(45)29(44)31(48-35)34(46)37-11-12-41-13-15-47-16-14-41/h3-8,17-18,20-21,29-31,35,44-45H,9-16,19H2,1-2H3,(H,37,46)(H,36,38,39)/t29-,30+,31-,35+/m0/s1. The van der Waals surface area contributed by atoms with Crippen LogP contribution in [0.2, 0.25) is 0 Å². The number of hydrogen-bond donors (Lipinski definition) is 4. The summed E-state index contributed by atoms with van der Waals surface area (Å²) in [4.78, 5) is 28.5. The van der Waals surface area contributed by atoms with Crippen LogP contribution in [0.4, 0.5) is 5.82 Å². The summed E-state index contributed by atoms with van der Waals surface area (Å²) in [6.45, 7) is 9.70. The Labute approximate surface area is 278 Å². The third-order valence-electron chi connectivity index (χ3n) is 9.36. The molecule has 2 aromatic carbocycles. The van der Waals surface area contributed by atoms with Crippen molar-refractivity contribution in [2.24, 2.45) is 0 Å². The Morgan fingerprint density at radius 1 is 1.00 bits per heavy atom. The number of nitrogens with one attached hydrogen (secondary N) is 2. The zero-order chi connectivity index (χ0) is 33.2. The van der Waals surface area contributed by atoms with Crippen molar-refractivity contribution in [2.45, 2.75) is 51.4 Å². The number of fused-ring (bicyclic) bond motifs is 2. The third-order valence-corrected chi connectivity index (χ3v) is 9.36. The van der Waals surface area contributed by atoms with Crippen LogP contribution in [0.5, 0.6) is 0 Å². The van der Waals surface area contributed by atoms with E-state index in [1.54, 1.807) is 0 Å². The second-order valence-electron chi connectivity index (χ2n) is 12.6. The molecule has 0 unspecified atom stereocenters. The first-order chi connectivity index (χ1) is 23.4. The fourth-order valence-corrected chi connectivity index (χ4v) is 6.66. The van der Waals surface area contributed by atoms with E-state index < -0.39 is 30.4 Å². The topological polar surface area (TPSA) is 152 Å². The molecule has 0 bridgehead atoms. The van der Waals surface area contributed by atoms with Gasteiger partial charge in [-0.1, -0.05) is 42.0 Å². The summed E-state index contributed by atoms with van der Waals surface area (Å²) in [5, 5.41) is 29.1. The van der Waals surface area contributed by atoms with E-state index in [-0.39, 0.29) is 0 Å². The van der Waals surface area contributed by atoms with Gasteiger partial charge in [-0.05, 0) is 43.0 Å². The lowest BCUT2D eigenvalue weighted by molar-refractivity contribution is -0.137. The Morgan fingerprint density at radius 3 is 2.69 bits per heavy atom. The minimum Gasteiger partial charge on any atom is -0.387 e. The maximum atomic E-state index is 12.9. The lowest BCUT2D eigenvalue weighted by Gasteiger charge is -2.26. The lowest BCUT2D eigenvalue weighted by Crippen LogP contribution is -2.46. The van der Waals surface area contributed by atoms with Crippen LogP contribution in [-0.4, -0.2) is 109 Å². The smallest absolute Gasteiger partial charge is 0.252 e.